The van der Waals surface area contributed by atoms with Crippen LogP contribution in [-0.2, 0) is 13.0 Å². The van der Waals surface area contributed by atoms with Gasteiger partial charge in [0.05, 0.1) is 6.04 Å². The number of hydrogen-bond donors (Lipinski definition) is 3. The molecule has 1 aromatic carbocycles. The van der Waals surface area contributed by atoms with Crippen molar-refractivity contribution in [2.75, 3.05) is 0 Å². The molecular weight excluding hydrogens is 284 g/mol. The van der Waals surface area contributed by atoms with Gasteiger partial charge in [0.2, 0.25) is 0 Å². The Hall–Kier alpha value is -1.92. The third-order valence-corrected chi connectivity index (χ3v) is 4.58. The zero-order chi connectivity index (χ0) is 15.2. The van der Waals surface area contributed by atoms with Gasteiger partial charge >= 0.3 is 0 Å². The Morgan fingerprint density at radius 2 is 2.14 bits per heavy atom. The van der Waals surface area contributed by atoms with Crippen LogP contribution in [0.1, 0.15) is 40.9 Å². The molecule has 0 aliphatic heterocycles. The number of amidine groups is 1. The first-order valence-corrected chi connectivity index (χ1v) is 7.70. The van der Waals surface area contributed by atoms with Gasteiger partial charge in [-0.25, -0.2) is 4.98 Å². The normalized spacial score (nSPS) is 13.3. The van der Waals surface area contributed by atoms with Crippen molar-refractivity contribution in [1.82, 2.24) is 10.3 Å². The van der Waals surface area contributed by atoms with Crippen LogP contribution in [0.15, 0.2) is 35.6 Å². The molecule has 21 heavy (non-hydrogen) atoms. The average Bonchev–Trinajstić information content (AvgIpc) is 3.01. The van der Waals surface area contributed by atoms with Crippen molar-refractivity contribution in [3.05, 3.63) is 51.5 Å². The van der Waals surface area contributed by atoms with Gasteiger partial charge in [-0.05, 0) is 18.9 Å². The van der Waals surface area contributed by atoms with E-state index in [1.54, 1.807) is 11.3 Å². The Bertz CT molecular complexity index is 606. The van der Waals surface area contributed by atoms with Crippen molar-refractivity contribution in [1.29, 1.82) is 0 Å². The van der Waals surface area contributed by atoms with Gasteiger partial charge in [-0.2, -0.15) is 0 Å². The van der Waals surface area contributed by atoms with E-state index in [-0.39, 0.29) is 11.9 Å². The van der Waals surface area contributed by atoms with Crippen molar-refractivity contribution in [3.63, 3.8) is 0 Å². The summed E-state index contributed by atoms with van der Waals surface area (Å²) in [6.45, 7) is 5.00. The minimum absolute atomic E-state index is 0.123. The summed E-state index contributed by atoms with van der Waals surface area (Å²) in [5.74, 6) is 0.123. The van der Waals surface area contributed by atoms with E-state index in [4.69, 9.17) is 10.9 Å². The number of nitrogens with two attached hydrogens (primary N) is 1. The summed E-state index contributed by atoms with van der Waals surface area (Å²) in [5, 5.41) is 16.2. The van der Waals surface area contributed by atoms with Gasteiger partial charge in [0.25, 0.3) is 0 Å². The first-order chi connectivity index (χ1) is 10.1. The van der Waals surface area contributed by atoms with E-state index in [9.17, 15) is 0 Å². The van der Waals surface area contributed by atoms with Crippen LogP contribution < -0.4 is 11.1 Å². The fourth-order valence-electron chi connectivity index (χ4n) is 1.90. The van der Waals surface area contributed by atoms with Crippen LogP contribution in [0.2, 0.25) is 0 Å². The fourth-order valence-corrected chi connectivity index (χ4v) is 2.78. The Balaban J connectivity index is 1.93. The van der Waals surface area contributed by atoms with E-state index in [1.807, 2.05) is 30.5 Å². The topological polar surface area (TPSA) is 83.5 Å². The second-order valence-corrected chi connectivity index (χ2v) is 5.95. The maximum Gasteiger partial charge on any atom is 0.170 e. The van der Waals surface area contributed by atoms with Gasteiger partial charge in [0.15, 0.2) is 5.84 Å². The summed E-state index contributed by atoms with van der Waals surface area (Å²) in [6, 6.07) is 7.84. The first kappa shape index (κ1) is 15.5. The quantitative estimate of drug-likeness (QED) is 0.331. The molecule has 0 bridgehead atoms. The van der Waals surface area contributed by atoms with Crippen LogP contribution >= 0.6 is 11.3 Å². The lowest BCUT2D eigenvalue weighted by Crippen LogP contribution is -2.18. The highest BCUT2D eigenvalue weighted by Crippen LogP contribution is 2.20. The zero-order valence-corrected chi connectivity index (χ0v) is 13.0. The number of nitrogens with one attached hydrogen (secondary N) is 1. The molecule has 0 aliphatic rings. The second kappa shape index (κ2) is 7.19. The van der Waals surface area contributed by atoms with Gasteiger partial charge in [-0.1, -0.05) is 36.3 Å². The lowest BCUT2D eigenvalue weighted by atomic mass is 10.1. The Kier molecular flexibility index (Phi) is 5.30. The standard InChI is InChI=1S/C15H20N4OS/c1-3-13-9-18-15(21-13)10(2)17-8-11-4-6-12(7-5-11)14(16)19-20/h4-7,9-10,17,20H,3,8H2,1-2H3,(H2,16,19). The number of hydrogen-bond acceptors (Lipinski definition) is 5. The summed E-state index contributed by atoms with van der Waals surface area (Å²) in [7, 11) is 0. The summed E-state index contributed by atoms with van der Waals surface area (Å²) < 4.78 is 0. The summed E-state index contributed by atoms with van der Waals surface area (Å²) in [4.78, 5) is 5.75. The Morgan fingerprint density at radius 1 is 1.43 bits per heavy atom. The molecule has 0 radical (unpaired) electrons. The van der Waals surface area contributed by atoms with Crippen molar-refractivity contribution in [2.24, 2.45) is 10.9 Å². The number of oxime groups is 1. The molecule has 6 heteroatoms. The smallest absolute Gasteiger partial charge is 0.170 e. The molecule has 4 N–H and O–H groups in total. The molecule has 1 unspecified atom stereocenters. The van der Waals surface area contributed by atoms with Crippen molar-refractivity contribution >= 4 is 17.2 Å². The second-order valence-electron chi connectivity index (χ2n) is 4.80. The van der Waals surface area contributed by atoms with E-state index in [1.165, 1.54) is 4.88 Å². The zero-order valence-electron chi connectivity index (χ0n) is 12.2. The van der Waals surface area contributed by atoms with Crippen molar-refractivity contribution < 1.29 is 5.21 Å². The third kappa shape index (κ3) is 4.03. The number of rotatable bonds is 6. The summed E-state index contributed by atoms with van der Waals surface area (Å²) >= 11 is 1.75. The molecule has 0 fully saturated rings. The molecule has 0 saturated carbocycles. The molecule has 0 amide bonds. The first-order valence-electron chi connectivity index (χ1n) is 6.88. The van der Waals surface area contributed by atoms with Gasteiger partial charge in [-0.3, -0.25) is 0 Å². The molecule has 5 nitrogen and oxygen atoms in total. The van der Waals surface area contributed by atoms with Gasteiger partial charge in [0, 0.05) is 23.2 Å². The maximum atomic E-state index is 8.63. The molecule has 112 valence electrons. The molecule has 1 aromatic heterocycles. The van der Waals surface area contributed by atoms with Crippen molar-refractivity contribution in [2.45, 2.75) is 32.9 Å². The number of aromatic nitrogens is 1. The molecule has 1 atom stereocenters. The molecule has 0 aliphatic carbocycles. The predicted molar refractivity (Wildman–Crippen MR) is 85.7 cm³/mol. The van der Waals surface area contributed by atoms with Crippen molar-refractivity contribution in [3.8, 4) is 0 Å². The summed E-state index contributed by atoms with van der Waals surface area (Å²) in [5.41, 5.74) is 7.39. The molecule has 2 aromatic rings. The molecule has 0 spiro atoms. The molecule has 2 rings (SSSR count). The average molecular weight is 304 g/mol. The Labute approximate surface area is 128 Å². The predicted octanol–water partition coefficient (Wildman–Crippen LogP) is 2.65. The van der Waals surface area contributed by atoms with Gasteiger partial charge in [0.1, 0.15) is 5.01 Å². The van der Waals surface area contributed by atoms with Crippen LogP contribution in [-0.4, -0.2) is 16.0 Å². The van der Waals surface area contributed by atoms with Crippen LogP contribution in [0.5, 0.6) is 0 Å². The SMILES string of the molecule is CCc1cnc(C(C)NCc2ccc(/C(N)=N/O)cc2)s1. The minimum Gasteiger partial charge on any atom is -0.409 e. The van der Waals surface area contributed by atoms with Crippen LogP contribution in [0.3, 0.4) is 0 Å². The van der Waals surface area contributed by atoms with Crippen LogP contribution in [0.25, 0.3) is 0 Å². The number of thiazole rings is 1. The van der Waals surface area contributed by atoms with E-state index in [2.05, 4.69) is 29.3 Å². The third-order valence-electron chi connectivity index (χ3n) is 3.26. The van der Waals surface area contributed by atoms with Crippen LogP contribution in [0.4, 0.5) is 0 Å². The molecule has 1 heterocycles. The van der Waals surface area contributed by atoms with E-state index in [0.717, 1.165) is 23.5 Å². The number of aryl methyl sites for hydroxylation is 1. The fraction of sp³-hybridized carbons (Fsp3) is 0.333. The largest absolute Gasteiger partial charge is 0.409 e. The lowest BCUT2D eigenvalue weighted by molar-refractivity contribution is 0.318. The van der Waals surface area contributed by atoms with E-state index < -0.39 is 0 Å². The van der Waals surface area contributed by atoms with Gasteiger partial charge < -0.3 is 16.3 Å². The number of nitrogens with zero attached hydrogens (tertiary/aromatic N) is 2. The highest BCUT2D eigenvalue weighted by molar-refractivity contribution is 7.11. The summed E-state index contributed by atoms with van der Waals surface area (Å²) in [6.07, 6.45) is 2.98. The highest BCUT2D eigenvalue weighted by atomic mass is 32.1. The van der Waals surface area contributed by atoms with E-state index in [0.29, 0.717) is 5.56 Å². The number of benzene rings is 1. The minimum atomic E-state index is 0.123. The van der Waals surface area contributed by atoms with Gasteiger partial charge in [-0.15, -0.1) is 11.3 Å². The maximum absolute atomic E-state index is 8.63. The molecule has 0 saturated heterocycles. The lowest BCUT2D eigenvalue weighted by Gasteiger charge is -2.11. The van der Waals surface area contributed by atoms with E-state index >= 15 is 0 Å². The monoisotopic (exact) mass is 304 g/mol. The van der Waals surface area contributed by atoms with Crippen LogP contribution in [0, 0.1) is 0 Å². The highest BCUT2D eigenvalue weighted by Gasteiger charge is 2.09. The molecular formula is C15H20N4OS. The Morgan fingerprint density at radius 3 is 2.71 bits per heavy atom.